The van der Waals surface area contributed by atoms with Crippen LogP contribution in [0.2, 0.25) is 5.02 Å². The zero-order valence-electron chi connectivity index (χ0n) is 10.0. The van der Waals surface area contributed by atoms with Gasteiger partial charge in [-0.05, 0) is 47.1 Å². The van der Waals surface area contributed by atoms with Crippen molar-refractivity contribution < 1.29 is 9.50 Å². The Balaban J connectivity index is 2.21. The van der Waals surface area contributed by atoms with E-state index in [0.29, 0.717) is 15.9 Å². The number of nitrogens with one attached hydrogen (secondary N) is 1. The van der Waals surface area contributed by atoms with Gasteiger partial charge in [0.15, 0.2) is 0 Å². The topological polar surface area (TPSA) is 45.1 Å². The number of aromatic hydroxyl groups is 1. The molecule has 0 fully saturated rings. The molecule has 0 saturated heterocycles. The Bertz CT molecular complexity index is 599. The minimum atomic E-state index is -0.418. The van der Waals surface area contributed by atoms with Gasteiger partial charge >= 0.3 is 0 Å². The molecule has 2 rings (SSSR count). The van der Waals surface area contributed by atoms with E-state index >= 15 is 0 Å². The lowest BCUT2D eigenvalue weighted by atomic mass is 10.2. The average Bonchev–Trinajstić information content (AvgIpc) is 2.32. The summed E-state index contributed by atoms with van der Waals surface area (Å²) < 4.78 is 13.6. The summed E-state index contributed by atoms with van der Waals surface area (Å²) in [5.74, 6) is -0.314. The molecule has 2 aromatic rings. The zero-order valence-corrected chi connectivity index (χ0v) is 12.4. The quantitative estimate of drug-likeness (QED) is 0.873. The van der Waals surface area contributed by atoms with Crippen LogP contribution in [0.25, 0.3) is 0 Å². The molecule has 0 radical (unpaired) electrons. The van der Waals surface area contributed by atoms with Crippen molar-refractivity contribution in [3.8, 4) is 5.75 Å². The first-order chi connectivity index (χ1) is 8.97. The van der Waals surface area contributed by atoms with Crippen molar-refractivity contribution in [3.63, 3.8) is 0 Å². The number of aryl methyl sites for hydroxylation is 1. The molecule has 0 atom stereocenters. The van der Waals surface area contributed by atoms with Crippen molar-refractivity contribution in [2.75, 3.05) is 5.32 Å². The molecule has 0 aliphatic carbocycles. The lowest BCUT2D eigenvalue weighted by Crippen LogP contribution is -2.04. The lowest BCUT2D eigenvalue weighted by Gasteiger charge is -2.11. The standard InChI is InChI=1S/C13H11BrClFN2O/c1-7-2-3-12(19)11(18-7)6-17-13-9(14)4-8(16)5-10(13)15/h2-5,17,19H,6H2,1H3. The first-order valence-corrected chi connectivity index (χ1v) is 6.68. The molecule has 1 aromatic carbocycles. The van der Waals surface area contributed by atoms with Crippen molar-refractivity contribution in [2.24, 2.45) is 0 Å². The molecular weight excluding hydrogens is 335 g/mol. The van der Waals surface area contributed by atoms with Gasteiger partial charge in [-0.3, -0.25) is 4.98 Å². The third-order valence-corrected chi connectivity index (χ3v) is 3.45. The molecule has 0 saturated carbocycles. The fourth-order valence-corrected chi connectivity index (χ4v) is 2.58. The van der Waals surface area contributed by atoms with Gasteiger partial charge < -0.3 is 10.4 Å². The lowest BCUT2D eigenvalue weighted by molar-refractivity contribution is 0.464. The molecule has 1 aromatic heterocycles. The van der Waals surface area contributed by atoms with E-state index in [2.05, 4.69) is 26.2 Å². The molecule has 1 heterocycles. The van der Waals surface area contributed by atoms with Crippen LogP contribution in [-0.2, 0) is 6.54 Å². The van der Waals surface area contributed by atoms with E-state index in [0.717, 1.165) is 5.69 Å². The highest BCUT2D eigenvalue weighted by atomic mass is 79.9. The largest absolute Gasteiger partial charge is 0.506 e. The van der Waals surface area contributed by atoms with Crippen molar-refractivity contribution >= 4 is 33.2 Å². The number of pyridine rings is 1. The van der Waals surface area contributed by atoms with Crippen LogP contribution >= 0.6 is 27.5 Å². The number of anilines is 1. The highest BCUT2D eigenvalue weighted by Crippen LogP contribution is 2.32. The van der Waals surface area contributed by atoms with Gasteiger partial charge in [-0.25, -0.2) is 4.39 Å². The Hall–Kier alpha value is -1.33. The van der Waals surface area contributed by atoms with Gasteiger partial charge in [-0.1, -0.05) is 11.6 Å². The number of rotatable bonds is 3. The third kappa shape index (κ3) is 3.36. The number of aromatic nitrogens is 1. The number of hydrogen-bond acceptors (Lipinski definition) is 3. The Morgan fingerprint density at radius 2 is 2.16 bits per heavy atom. The van der Waals surface area contributed by atoms with E-state index < -0.39 is 5.82 Å². The number of nitrogens with zero attached hydrogens (tertiary/aromatic N) is 1. The molecule has 0 aliphatic heterocycles. The molecule has 6 heteroatoms. The second-order valence-electron chi connectivity index (χ2n) is 4.02. The van der Waals surface area contributed by atoms with E-state index in [-0.39, 0.29) is 17.3 Å². The van der Waals surface area contributed by atoms with Gasteiger partial charge in [0, 0.05) is 10.2 Å². The molecule has 0 bridgehead atoms. The molecule has 0 unspecified atom stereocenters. The SMILES string of the molecule is Cc1ccc(O)c(CNc2c(Cl)cc(F)cc2Br)n1. The summed E-state index contributed by atoms with van der Waals surface area (Å²) in [6.45, 7) is 2.13. The molecular formula is C13H11BrClFN2O. The first kappa shape index (κ1) is 14.1. The van der Waals surface area contributed by atoms with Crippen molar-refractivity contribution in [3.05, 3.63) is 51.0 Å². The van der Waals surface area contributed by atoms with Gasteiger partial charge in [-0.15, -0.1) is 0 Å². The summed E-state index contributed by atoms with van der Waals surface area (Å²) >= 11 is 9.19. The van der Waals surface area contributed by atoms with Crippen molar-refractivity contribution in [1.82, 2.24) is 4.98 Å². The molecule has 0 aliphatic rings. The van der Waals surface area contributed by atoms with Gasteiger partial charge in [0.1, 0.15) is 17.3 Å². The van der Waals surface area contributed by atoms with Crippen LogP contribution in [-0.4, -0.2) is 10.1 Å². The summed E-state index contributed by atoms with van der Waals surface area (Å²) in [5.41, 5.74) is 1.87. The summed E-state index contributed by atoms with van der Waals surface area (Å²) in [4.78, 5) is 4.22. The van der Waals surface area contributed by atoms with E-state index in [1.807, 2.05) is 6.92 Å². The van der Waals surface area contributed by atoms with Crippen molar-refractivity contribution in [2.45, 2.75) is 13.5 Å². The zero-order chi connectivity index (χ0) is 14.0. The van der Waals surface area contributed by atoms with Crippen LogP contribution in [0.15, 0.2) is 28.7 Å². The van der Waals surface area contributed by atoms with Gasteiger partial charge in [0.05, 0.1) is 17.3 Å². The van der Waals surface area contributed by atoms with Crippen LogP contribution in [0.1, 0.15) is 11.4 Å². The highest BCUT2D eigenvalue weighted by Gasteiger charge is 2.09. The van der Waals surface area contributed by atoms with Crippen LogP contribution in [0.3, 0.4) is 0 Å². The number of halogens is 3. The summed E-state index contributed by atoms with van der Waals surface area (Å²) in [6.07, 6.45) is 0. The van der Waals surface area contributed by atoms with Crippen LogP contribution < -0.4 is 5.32 Å². The fraction of sp³-hybridized carbons (Fsp3) is 0.154. The smallest absolute Gasteiger partial charge is 0.138 e. The Kier molecular flexibility index (Phi) is 4.27. The highest BCUT2D eigenvalue weighted by molar-refractivity contribution is 9.10. The van der Waals surface area contributed by atoms with E-state index in [4.69, 9.17) is 11.6 Å². The predicted octanol–water partition coefficient (Wildman–Crippen LogP) is 4.26. The summed E-state index contributed by atoms with van der Waals surface area (Å²) in [6, 6.07) is 5.84. The van der Waals surface area contributed by atoms with Crippen LogP contribution in [0.4, 0.5) is 10.1 Å². The normalized spacial score (nSPS) is 10.5. The fourth-order valence-electron chi connectivity index (χ4n) is 1.62. The van der Waals surface area contributed by atoms with E-state index in [1.54, 1.807) is 12.1 Å². The van der Waals surface area contributed by atoms with Gasteiger partial charge in [0.2, 0.25) is 0 Å². The molecule has 100 valence electrons. The van der Waals surface area contributed by atoms with Crippen LogP contribution in [0, 0.1) is 12.7 Å². The second kappa shape index (κ2) is 5.75. The average molecular weight is 346 g/mol. The van der Waals surface area contributed by atoms with Crippen LogP contribution in [0.5, 0.6) is 5.75 Å². The first-order valence-electron chi connectivity index (χ1n) is 5.51. The maximum absolute atomic E-state index is 13.1. The second-order valence-corrected chi connectivity index (χ2v) is 5.28. The van der Waals surface area contributed by atoms with Gasteiger partial charge in [0.25, 0.3) is 0 Å². The van der Waals surface area contributed by atoms with E-state index in [9.17, 15) is 9.50 Å². The maximum Gasteiger partial charge on any atom is 0.138 e. The molecule has 3 nitrogen and oxygen atoms in total. The Morgan fingerprint density at radius 1 is 1.42 bits per heavy atom. The molecule has 0 spiro atoms. The Labute approximate surface area is 123 Å². The molecule has 2 N–H and O–H groups in total. The predicted molar refractivity (Wildman–Crippen MR) is 77.1 cm³/mol. The summed E-state index contributed by atoms with van der Waals surface area (Å²) in [7, 11) is 0. The summed E-state index contributed by atoms with van der Waals surface area (Å²) in [5, 5.41) is 13.0. The molecule has 19 heavy (non-hydrogen) atoms. The van der Waals surface area contributed by atoms with Gasteiger partial charge in [-0.2, -0.15) is 0 Å². The third-order valence-electron chi connectivity index (χ3n) is 2.53. The minimum Gasteiger partial charge on any atom is -0.506 e. The number of hydrogen-bond donors (Lipinski definition) is 2. The monoisotopic (exact) mass is 344 g/mol. The molecule has 0 amide bonds. The Morgan fingerprint density at radius 3 is 2.84 bits per heavy atom. The van der Waals surface area contributed by atoms with Crippen molar-refractivity contribution in [1.29, 1.82) is 0 Å². The number of benzene rings is 1. The van der Waals surface area contributed by atoms with E-state index in [1.165, 1.54) is 12.1 Å². The minimum absolute atomic E-state index is 0.104. The maximum atomic E-state index is 13.1.